The molecule has 0 radical (unpaired) electrons. The van der Waals surface area contributed by atoms with Gasteiger partial charge in [-0.15, -0.1) is 12.4 Å². The lowest BCUT2D eigenvalue weighted by molar-refractivity contribution is 0.547. The Morgan fingerprint density at radius 2 is 2.10 bits per heavy atom. The topological polar surface area (TPSA) is 72.2 Å². The highest BCUT2D eigenvalue weighted by Crippen LogP contribution is 2.31. The van der Waals surface area contributed by atoms with Crippen molar-refractivity contribution in [2.24, 2.45) is 11.7 Å². The molecule has 7 heteroatoms. The van der Waals surface area contributed by atoms with E-state index in [1.807, 2.05) is 6.07 Å². The van der Waals surface area contributed by atoms with Crippen LogP contribution in [-0.2, 0) is 16.4 Å². The highest BCUT2D eigenvalue weighted by molar-refractivity contribution is 7.89. The number of nitrogens with two attached hydrogens (primary N) is 1. The van der Waals surface area contributed by atoms with Crippen LogP contribution in [0.2, 0.25) is 5.02 Å². The Bertz CT molecular complexity index is 574. The van der Waals surface area contributed by atoms with Crippen LogP contribution in [-0.4, -0.2) is 21.0 Å². The van der Waals surface area contributed by atoms with Crippen molar-refractivity contribution >= 4 is 34.0 Å². The number of aryl methyl sites for hydroxylation is 1. The van der Waals surface area contributed by atoms with Crippen molar-refractivity contribution < 1.29 is 8.42 Å². The maximum atomic E-state index is 12.3. The zero-order chi connectivity index (χ0) is 14.8. The van der Waals surface area contributed by atoms with Gasteiger partial charge in [-0.05, 0) is 42.9 Å². The average Bonchev–Trinajstić information content (AvgIpc) is 3.23. The van der Waals surface area contributed by atoms with Gasteiger partial charge in [-0.1, -0.05) is 31.0 Å². The molecule has 1 atom stereocenters. The number of sulfonamides is 1. The first kappa shape index (κ1) is 18.7. The molecule has 4 nitrogen and oxygen atoms in total. The number of hydrogen-bond acceptors (Lipinski definition) is 3. The van der Waals surface area contributed by atoms with Crippen LogP contribution in [0.15, 0.2) is 23.1 Å². The van der Waals surface area contributed by atoms with Gasteiger partial charge in [0.1, 0.15) is 4.90 Å². The molecule has 0 spiro atoms. The van der Waals surface area contributed by atoms with Gasteiger partial charge < -0.3 is 5.73 Å². The van der Waals surface area contributed by atoms with E-state index in [-0.39, 0.29) is 34.9 Å². The van der Waals surface area contributed by atoms with Gasteiger partial charge >= 0.3 is 0 Å². The zero-order valence-electron chi connectivity index (χ0n) is 12.0. The van der Waals surface area contributed by atoms with Gasteiger partial charge in [0.05, 0.1) is 5.02 Å². The molecule has 0 heterocycles. The molecule has 1 aliphatic carbocycles. The molecule has 1 aliphatic rings. The first-order valence-electron chi connectivity index (χ1n) is 6.97. The smallest absolute Gasteiger partial charge is 0.242 e. The second-order valence-corrected chi connectivity index (χ2v) is 7.51. The van der Waals surface area contributed by atoms with E-state index >= 15 is 0 Å². The minimum absolute atomic E-state index is 0. The average molecular weight is 353 g/mol. The van der Waals surface area contributed by atoms with Gasteiger partial charge in [-0.2, -0.15) is 0 Å². The summed E-state index contributed by atoms with van der Waals surface area (Å²) in [7, 11) is -3.59. The van der Waals surface area contributed by atoms with Crippen molar-refractivity contribution in [3.63, 3.8) is 0 Å². The molecule has 1 saturated carbocycles. The lowest BCUT2D eigenvalue weighted by Crippen LogP contribution is -2.38. The Labute approximate surface area is 137 Å². The standard InChI is InChI=1S/C14H21ClN2O2S.ClH/c1-2-3-10-4-7-12(15)14(8-10)20(18,19)17-9-13(16)11-5-6-11;/h4,7-8,11,13,17H,2-3,5-6,9,16H2,1H3;1H. The normalized spacial score (nSPS) is 16.3. The molecule has 3 N–H and O–H groups in total. The highest BCUT2D eigenvalue weighted by atomic mass is 35.5. The number of nitrogens with one attached hydrogen (secondary N) is 1. The van der Waals surface area contributed by atoms with E-state index in [1.54, 1.807) is 12.1 Å². The Balaban J connectivity index is 0.00000220. The Morgan fingerprint density at radius 1 is 1.43 bits per heavy atom. The van der Waals surface area contributed by atoms with Crippen molar-refractivity contribution in [3.8, 4) is 0 Å². The summed E-state index contributed by atoms with van der Waals surface area (Å²) in [5.74, 6) is 0.458. The van der Waals surface area contributed by atoms with Gasteiger partial charge in [0.2, 0.25) is 10.0 Å². The number of hydrogen-bond donors (Lipinski definition) is 2. The predicted octanol–water partition coefficient (Wildman–Crippen LogP) is 2.73. The fourth-order valence-corrected chi connectivity index (χ4v) is 3.79. The number of rotatable bonds is 7. The van der Waals surface area contributed by atoms with Crippen LogP contribution in [0.5, 0.6) is 0 Å². The minimum atomic E-state index is -3.59. The van der Waals surface area contributed by atoms with Crippen LogP contribution in [0.25, 0.3) is 0 Å². The van der Waals surface area contributed by atoms with E-state index in [4.69, 9.17) is 17.3 Å². The quantitative estimate of drug-likeness (QED) is 0.792. The molecule has 21 heavy (non-hydrogen) atoms. The summed E-state index contributed by atoms with van der Waals surface area (Å²) in [5.41, 5.74) is 6.90. The van der Waals surface area contributed by atoms with Crippen LogP contribution in [0, 0.1) is 5.92 Å². The summed E-state index contributed by atoms with van der Waals surface area (Å²) in [4.78, 5) is 0.146. The van der Waals surface area contributed by atoms with Crippen LogP contribution in [0.1, 0.15) is 31.7 Å². The molecule has 1 fully saturated rings. The molecular weight excluding hydrogens is 331 g/mol. The van der Waals surface area contributed by atoms with E-state index in [0.717, 1.165) is 31.2 Å². The van der Waals surface area contributed by atoms with Crippen molar-refractivity contribution in [2.75, 3.05) is 6.54 Å². The molecule has 1 aromatic carbocycles. The maximum Gasteiger partial charge on any atom is 0.242 e. The van der Waals surface area contributed by atoms with Gasteiger partial charge in [0.15, 0.2) is 0 Å². The largest absolute Gasteiger partial charge is 0.326 e. The third-order valence-electron chi connectivity index (χ3n) is 3.56. The van der Waals surface area contributed by atoms with E-state index in [2.05, 4.69) is 11.6 Å². The first-order valence-corrected chi connectivity index (χ1v) is 8.84. The van der Waals surface area contributed by atoms with E-state index in [0.29, 0.717) is 5.92 Å². The zero-order valence-corrected chi connectivity index (χ0v) is 14.4. The van der Waals surface area contributed by atoms with E-state index < -0.39 is 10.0 Å². The molecule has 0 amide bonds. The molecule has 0 aromatic heterocycles. The van der Waals surface area contributed by atoms with Crippen LogP contribution < -0.4 is 10.5 Å². The summed E-state index contributed by atoms with van der Waals surface area (Å²) in [6.07, 6.45) is 3.98. The van der Waals surface area contributed by atoms with E-state index in [1.165, 1.54) is 0 Å². The maximum absolute atomic E-state index is 12.3. The van der Waals surface area contributed by atoms with Gasteiger partial charge in [-0.3, -0.25) is 0 Å². The van der Waals surface area contributed by atoms with Crippen LogP contribution in [0.3, 0.4) is 0 Å². The lowest BCUT2D eigenvalue weighted by atomic mass is 10.1. The van der Waals surface area contributed by atoms with Crippen molar-refractivity contribution in [2.45, 2.75) is 43.5 Å². The predicted molar refractivity (Wildman–Crippen MR) is 88.6 cm³/mol. The van der Waals surface area contributed by atoms with Crippen molar-refractivity contribution in [1.82, 2.24) is 4.72 Å². The summed E-state index contributed by atoms with van der Waals surface area (Å²) in [6.45, 7) is 2.32. The summed E-state index contributed by atoms with van der Waals surface area (Å²) < 4.78 is 27.2. The van der Waals surface area contributed by atoms with Crippen molar-refractivity contribution in [3.05, 3.63) is 28.8 Å². The second-order valence-electron chi connectivity index (χ2n) is 5.37. The monoisotopic (exact) mass is 352 g/mol. The third-order valence-corrected chi connectivity index (χ3v) is 5.47. The molecule has 0 saturated heterocycles. The Morgan fingerprint density at radius 3 is 2.67 bits per heavy atom. The third kappa shape index (κ3) is 5.11. The molecule has 1 aromatic rings. The summed E-state index contributed by atoms with van der Waals surface area (Å²) in [5, 5.41) is 0.248. The summed E-state index contributed by atoms with van der Waals surface area (Å²) in [6, 6.07) is 5.04. The molecule has 1 unspecified atom stereocenters. The van der Waals surface area contributed by atoms with Crippen LogP contribution in [0.4, 0.5) is 0 Å². The van der Waals surface area contributed by atoms with Gasteiger partial charge in [0.25, 0.3) is 0 Å². The highest BCUT2D eigenvalue weighted by Gasteiger charge is 2.29. The van der Waals surface area contributed by atoms with Gasteiger partial charge in [-0.25, -0.2) is 13.1 Å². The molecule has 2 rings (SSSR count). The number of halogens is 2. The van der Waals surface area contributed by atoms with E-state index in [9.17, 15) is 8.42 Å². The molecular formula is C14H22Cl2N2O2S. The molecule has 0 bridgehead atoms. The molecule has 0 aliphatic heterocycles. The minimum Gasteiger partial charge on any atom is -0.326 e. The first-order chi connectivity index (χ1) is 9.44. The Hall–Kier alpha value is -0.330. The lowest BCUT2D eigenvalue weighted by Gasteiger charge is -2.13. The Kier molecular flexibility index (Phi) is 6.94. The fourth-order valence-electron chi connectivity index (χ4n) is 2.17. The molecule has 120 valence electrons. The SMILES string of the molecule is CCCc1ccc(Cl)c(S(=O)(=O)NCC(N)C2CC2)c1.Cl. The van der Waals surface area contributed by atoms with Crippen molar-refractivity contribution in [1.29, 1.82) is 0 Å². The number of benzene rings is 1. The fraction of sp³-hybridized carbons (Fsp3) is 0.571. The van der Waals surface area contributed by atoms with Gasteiger partial charge in [0, 0.05) is 12.6 Å². The second kappa shape index (κ2) is 7.79. The van der Waals surface area contributed by atoms with Crippen LogP contribution >= 0.6 is 24.0 Å². The summed E-state index contributed by atoms with van der Waals surface area (Å²) >= 11 is 6.02.